The van der Waals surface area contributed by atoms with Crippen LogP contribution in [0.4, 0.5) is 0 Å². The first-order valence-corrected chi connectivity index (χ1v) is 7.05. The van der Waals surface area contributed by atoms with Crippen LogP contribution in [0.15, 0.2) is 11.8 Å². The van der Waals surface area contributed by atoms with Gasteiger partial charge in [-0.2, -0.15) is 0 Å². The number of hydrogen-bond donors (Lipinski definition) is 2. The highest BCUT2D eigenvalue weighted by molar-refractivity contribution is 6.17. The molecule has 1 rings (SSSR count). The van der Waals surface area contributed by atoms with Crippen molar-refractivity contribution in [1.82, 2.24) is 5.32 Å². The number of unbranched alkanes of at least 4 members (excludes halogenated alkanes) is 2. The maximum Gasteiger partial charge on any atom is 0.351 e. The van der Waals surface area contributed by atoms with Crippen molar-refractivity contribution in [2.24, 2.45) is 11.3 Å². The van der Waals surface area contributed by atoms with Gasteiger partial charge in [0, 0.05) is 12.9 Å². The Labute approximate surface area is 116 Å². The highest BCUT2D eigenvalue weighted by Gasteiger charge is 2.41. The number of aliphatic carboxylic acids is 1. The first-order chi connectivity index (χ1) is 8.35. The summed E-state index contributed by atoms with van der Waals surface area (Å²) in [6.07, 6.45) is 5.73. The monoisotopic (exact) mass is 275 g/mol. The Morgan fingerprint density at radius 3 is 2.28 bits per heavy atom. The summed E-state index contributed by atoms with van der Waals surface area (Å²) in [4.78, 5) is 10.4. The second kappa shape index (κ2) is 8.41. The zero-order chi connectivity index (χ0) is 14.2. The van der Waals surface area contributed by atoms with Crippen LogP contribution in [0.2, 0.25) is 0 Å². The molecule has 1 fully saturated rings. The number of hydrogen-bond acceptors (Lipinski definition) is 2. The number of alkyl halides is 1. The Morgan fingerprint density at radius 1 is 1.50 bits per heavy atom. The van der Waals surface area contributed by atoms with Gasteiger partial charge in [-0.1, -0.05) is 26.8 Å². The molecular formula is C14H26ClNO2. The van der Waals surface area contributed by atoms with Crippen LogP contribution in [-0.4, -0.2) is 24.0 Å². The lowest BCUT2D eigenvalue weighted by Crippen LogP contribution is -2.15. The molecule has 0 amide bonds. The summed E-state index contributed by atoms with van der Waals surface area (Å²) < 4.78 is 0. The minimum absolute atomic E-state index is 0.254. The Bertz CT molecular complexity index is 288. The van der Waals surface area contributed by atoms with Gasteiger partial charge in [0.25, 0.3) is 0 Å². The molecule has 4 heteroatoms. The summed E-state index contributed by atoms with van der Waals surface area (Å²) in [5, 5.41) is 11.2. The topological polar surface area (TPSA) is 49.3 Å². The SMILES string of the molecule is CC1CC1(C)C.CN/C(=C\CCCCCl)C(=O)O. The molecule has 0 radical (unpaired) electrons. The molecule has 1 atom stereocenters. The first-order valence-electron chi connectivity index (χ1n) is 6.52. The van der Waals surface area contributed by atoms with Gasteiger partial charge in [0.05, 0.1) is 0 Å². The van der Waals surface area contributed by atoms with E-state index in [1.165, 1.54) is 6.42 Å². The van der Waals surface area contributed by atoms with Gasteiger partial charge >= 0.3 is 5.97 Å². The minimum atomic E-state index is -0.914. The van der Waals surface area contributed by atoms with Crippen LogP contribution in [-0.2, 0) is 4.79 Å². The van der Waals surface area contributed by atoms with Crippen LogP contribution in [0.1, 0.15) is 46.5 Å². The van der Waals surface area contributed by atoms with Crippen molar-refractivity contribution in [2.75, 3.05) is 12.9 Å². The molecule has 18 heavy (non-hydrogen) atoms. The predicted octanol–water partition coefficient (Wildman–Crippen LogP) is 3.64. The van der Waals surface area contributed by atoms with Gasteiger partial charge in [-0.15, -0.1) is 11.6 Å². The lowest BCUT2D eigenvalue weighted by atomic mass is 10.1. The van der Waals surface area contributed by atoms with Crippen molar-refractivity contribution in [1.29, 1.82) is 0 Å². The van der Waals surface area contributed by atoms with Crippen molar-refractivity contribution < 1.29 is 9.90 Å². The van der Waals surface area contributed by atoms with Crippen LogP contribution in [0.5, 0.6) is 0 Å². The molecule has 106 valence electrons. The van der Waals surface area contributed by atoms with E-state index in [0.29, 0.717) is 11.3 Å². The van der Waals surface area contributed by atoms with Gasteiger partial charge in [-0.25, -0.2) is 4.79 Å². The largest absolute Gasteiger partial charge is 0.477 e. The molecule has 3 nitrogen and oxygen atoms in total. The van der Waals surface area contributed by atoms with Crippen LogP contribution < -0.4 is 5.32 Å². The lowest BCUT2D eigenvalue weighted by Gasteiger charge is -1.99. The number of halogens is 1. The second-order valence-electron chi connectivity index (χ2n) is 5.45. The number of allylic oxidation sites excluding steroid dienone is 1. The molecule has 0 spiro atoms. The Hall–Kier alpha value is -0.700. The third-order valence-corrected chi connectivity index (χ3v) is 3.71. The number of likely N-dealkylation sites (N-methyl/N-ethyl adjacent to an activating group) is 1. The molecule has 2 N–H and O–H groups in total. The van der Waals surface area contributed by atoms with Crippen molar-refractivity contribution in [3.8, 4) is 0 Å². The molecule has 1 unspecified atom stereocenters. The maximum atomic E-state index is 10.4. The molecule has 0 aromatic heterocycles. The van der Waals surface area contributed by atoms with E-state index < -0.39 is 5.97 Å². The quantitative estimate of drug-likeness (QED) is 0.442. The first kappa shape index (κ1) is 17.3. The fourth-order valence-corrected chi connectivity index (χ4v) is 1.70. The normalized spacial score (nSPS) is 20.7. The fraction of sp³-hybridized carbons (Fsp3) is 0.786. The predicted molar refractivity (Wildman–Crippen MR) is 76.9 cm³/mol. The van der Waals surface area contributed by atoms with E-state index in [0.717, 1.165) is 25.2 Å². The third kappa shape index (κ3) is 7.59. The molecule has 0 aliphatic heterocycles. The highest BCUT2D eigenvalue weighted by atomic mass is 35.5. The average molecular weight is 276 g/mol. The van der Waals surface area contributed by atoms with Gasteiger partial charge < -0.3 is 10.4 Å². The molecule has 1 saturated carbocycles. The third-order valence-electron chi connectivity index (χ3n) is 3.44. The number of rotatable bonds is 6. The summed E-state index contributed by atoms with van der Waals surface area (Å²) in [5.41, 5.74) is 0.963. The number of carboxylic acids is 1. The van der Waals surface area contributed by atoms with Crippen molar-refractivity contribution >= 4 is 17.6 Å². The number of carbonyl (C=O) groups is 1. The van der Waals surface area contributed by atoms with Gasteiger partial charge in [0.15, 0.2) is 0 Å². The highest BCUT2D eigenvalue weighted by Crippen LogP contribution is 2.50. The number of carboxylic acid groups (broad SMARTS) is 1. The summed E-state index contributed by atoms with van der Waals surface area (Å²) in [5.74, 6) is 0.719. The van der Waals surface area contributed by atoms with E-state index >= 15 is 0 Å². The summed E-state index contributed by atoms with van der Waals surface area (Å²) >= 11 is 5.46. The van der Waals surface area contributed by atoms with Gasteiger partial charge in [-0.05, 0) is 37.0 Å². The van der Waals surface area contributed by atoms with Gasteiger partial charge in [0.2, 0.25) is 0 Å². The molecular weight excluding hydrogens is 250 g/mol. The molecule has 1 aliphatic rings. The smallest absolute Gasteiger partial charge is 0.351 e. The molecule has 0 aromatic carbocycles. The van der Waals surface area contributed by atoms with E-state index in [-0.39, 0.29) is 5.70 Å². The van der Waals surface area contributed by atoms with E-state index in [9.17, 15) is 4.79 Å². The molecule has 0 heterocycles. The molecule has 0 bridgehead atoms. The van der Waals surface area contributed by atoms with Crippen molar-refractivity contribution in [2.45, 2.75) is 46.5 Å². The zero-order valence-electron chi connectivity index (χ0n) is 11.9. The molecule has 1 aliphatic carbocycles. The van der Waals surface area contributed by atoms with Crippen molar-refractivity contribution in [3.05, 3.63) is 11.8 Å². The Kier molecular flexibility index (Phi) is 8.08. The lowest BCUT2D eigenvalue weighted by molar-refractivity contribution is -0.133. The summed E-state index contributed by atoms with van der Waals surface area (Å²) in [6.45, 7) is 6.94. The average Bonchev–Trinajstić information content (AvgIpc) is 2.84. The Balaban J connectivity index is 0.000000397. The maximum absolute atomic E-state index is 10.4. The molecule has 0 saturated heterocycles. The summed E-state index contributed by atoms with van der Waals surface area (Å²) in [6, 6.07) is 0. The zero-order valence-corrected chi connectivity index (χ0v) is 12.7. The van der Waals surface area contributed by atoms with Crippen molar-refractivity contribution in [3.63, 3.8) is 0 Å². The van der Waals surface area contributed by atoms with Crippen LogP contribution in [0.3, 0.4) is 0 Å². The standard InChI is InChI=1S/C8H14ClNO2.C6H12/c1-10-7(8(11)12)5-3-2-4-6-9;1-5-4-6(5,2)3/h5,10H,2-4,6H2,1H3,(H,11,12);5H,4H2,1-3H3/b7-5-;. The van der Waals surface area contributed by atoms with Crippen LogP contribution in [0.25, 0.3) is 0 Å². The molecule has 0 aromatic rings. The van der Waals surface area contributed by atoms with Crippen LogP contribution >= 0.6 is 11.6 Å². The van der Waals surface area contributed by atoms with E-state index in [1.807, 2.05) is 0 Å². The van der Waals surface area contributed by atoms with E-state index in [1.54, 1.807) is 13.1 Å². The minimum Gasteiger partial charge on any atom is -0.477 e. The van der Waals surface area contributed by atoms with Crippen LogP contribution in [0, 0.1) is 11.3 Å². The summed E-state index contributed by atoms with van der Waals surface area (Å²) in [7, 11) is 1.60. The van der Waals surface area contributed by atoms with E-state index in [2.05, 4.69) is 26.1 Å². The van der Waals surface area contributed by atoms with Gasteiger partial charge in [0.1, 0.15) is 5.70 Å². The number of nitrogens with one attached hydrogen (secondary N) is 1. The van der Waals surface area contributed by atoms with Gasteiger partial charge in [-0.3, -0.25) is 0 Å². The van der Waals surface area contributed by atoms with E-state index in [4.69, 9.17) is 16.7 Å². The Morgan fingerprint density at radius 2 is 2.00 bits per heavy atom. The fourth-order valence-electron chi connectivity index (χ4n) is 1.51. The second-order valence-corrected chi connectivity index (χ2v) is 5.83.